The quantitative estimate of drug-likeness (QED) is 0.245. The monoisotopic (exact) mass is 641 g/mol. The molecule has 4 aromatic rings. The Morgan fingerprint density at radius 1 is 1.07 bits per heavy atom. The van der Waals surface area contributed by atoms with Crippen molar-refractivity contribution in [3.63, 3.8) is 0 Å². The van der Waals surface area contributed by atoms with Gasteiger partial charge in [0.15, 0.2) is 0 Å². The van der Waals surface area contributed by atoms with E-state index in [9.17, 15) is 9.83 Å². The summed E-state index contributed by atoms with van der Waals surface area (Å²) in [7, 11) is 1.25. The van der Waals surface area contributed by atoms with Crippen LogP contribution in [0.2, 0.25) is 0 Å². The molecule has 5 heterocycles. The Hall–Kier alpha value is -4.30. The summed E-state index contributed by atoms with van der Waals surface area (Å²) >= 11 is 0. The Balaban J connectivity index is 1.17. The Morgan fingerprint density at radius 2 is 1.87 bits per heavy atom. The van der Waals surface area contributed by atoms with Gasteiger partial charge < -0.3 is 39.5 Å². The zero-order valence-electron chi connectivity index (χ0n) is 26.7. The molecule has 3 aliphatic rings. The average molecular weight is 642 g/mol. The van der Waals surface area contributed by atoms with Crippen molar-refractivity contribution in [3.05, 3.63) is 48.2 Å². The third kappa shape index (κ3) is 5.75. The Morgan fingerprint density at radius 3 is 2.63 bits per heavy atom. The number of methoxy groups -OCH3 is 1. The SMILES string of the molecule is COc1cc2c(cc1Nc1nc(Nc3ccccc3P(C)(C)=O)c3c(C#N)c[nH]c3n1)OC[C@H]1C[C@@H](N3CCN(C)CC3)CCN21. The van der Waals surface area contributed by atoms with Crippen molar-refractivity contribution in [2.75, 3.05) is 82.4 Å². The second-order valence-electron chi connectivity index (χ2n) is 12.7. The van der Waals surface area contributed by atoms with Crippen molar-refractivity contribution in [2.24, 2.45) is 0 Å². The number of hydrogen-bond donors (Lipinski definition) is 3. The Kier molecular flexibility index (Phi) is 8.01. The van der Waals surface area contributed by atoms with E-state index in [0.29, 0.717) is 69.5 Å². The molecule has 0 saturated carbocycles. The molecule has 0 aliphatic carbocycles. The minimum Gasteiger partial charge on any atom is -0.494 e. The third-order valence-corrected chi connectivity index (χ3v) is 11.0. The van der Waals surface area contributed by atoms with Gasteiger partial charge in [0, 0.05) is 62.4 Å². The number of piperidine rings is 1. The smallest absolute Gasteiger partial charge is 0.231 e. The molecular weight excluding hydrogens is 601 g/mol. The van der Waals surface area contributed by atoms with Crippen LogP contribution in [0.15, 0.2) is 42.6 Å². The lowest BCUT2D eigenvalue weighted by molar-refractivity contribution is 0.0822. The molecular formula is C33H40N9O3P. The largest absolute Gasteiger partial charge is 0.494 e. The highest BCUT2D eigenvalue weighted by atomic mass is 31.2. The van der Waals surface area contributed by atoms with Crippen LogP contribution in [0.3, 0.4) is 0 Å². The Bertz CT molecular complexity index is 1860. The number of rotatable bonds is 7. The van der Waals surface area contributed by atoms with Crippen LogP contribution in [0.1, 0.15) is 18.4 Å². The fraction of sp³-hybridized carbons (Fsp3) is 0.424. The van der Waals surface area contributed by atoms with Gasteiger partial charge in [0.05, 0.1) is 41.2 Å². The number of nitriles is 1. The summed E-state index contributed by atoms with van der Waals surface area (Å²) in [5.41, 5.74) is 3.26. The first-order chi connectivity index (χ1) is 22.2. The van der Waals surface area contributed by atoms with Gasteiger partial charge in [0.2, 0.25) is 5.95 Å². The molecule has 0 radical (unpaired) electrons. The fourth-order valence-corrected chi connectivity index (χ4v) is 8.09. The highest BCUT2D eigenvalue weighted by Gasteiger charge is 2.37. The molecule has 12 nitrogen and oxygen atoms in total. The number of para-hydroxylation sites is 1. The number of ether oxygens (including phenoxy) is 2. The summed E-state index contributed by atoms with van der Waals surface area (Å²) < 4.78 is 25.3. The number of H-pyrrole nitrogens is 1. The molecule has 46 heavy (non-hydrogen) atoms. The molecule has 0 unspecified atom stereocenters. The van der Waals surface area contributed by atoms with E-state index >= 15 is 0 Å². The van der Waals surface area contributed by atoms with E-state index in [1.807, 2.05) is 36.4 Å². The molecule has 2 aromatic heterocycles. The third-order valence-electron chi connectivity index (χ3n) is 9.40. The highest BCUT2D eigenvalue weighted by molar-refractivity contribution is 7.70. The zero-order valence-corrected chi connectivity index (χ0v) is 27.6. The topological polar surface area (TPSA) is 135 Å². The lowest BCUT2D eigenvalue weighted by Crippen LogP contribution is -2.57. The number of hydrogen-bond acceptors (Lipinski definition) is 11. The highest BCUT2D eigenvalue weighted by Crippen LogP contribution is 2.45. The van der Waals surface area contributed by atoms with Gasteiger partial charge in [-0.05, 0) is 45.4 Å². The molecule has 3 aliphatic heterocycles. The summed E-state index contributed by atoms with van der Waals surface area (Å²) in [5, 5.41) is 17.7. The predicted molar refractivity (Wildman–Crippen MR) is 182 cm³/mol. The van der Waals surface area contributed by atoms with Crippen LogP contribution in [-0.2, 0) is 4.57 Å². The van der Waals surface area contributed by atoms with Gasteiger partial charge in [0.1, 0.15) is 42.8 Å². The van der Waals surface area contributed by atoms with E-state index in [0.717, 1.165) is 57.0 Å². The average Bonchev–Trinajstić information content (AvgIpc) is 3.47. The van der Waals surface area contributed by atoms with Crippen LogP contribution in [0.25, 0.3) is 11.0 Å². The van der Waals surface area contributed by atoms with Crippen LogP contribution in [-0.4, -0.2) is 104 Å². The molecule has 3 N–H and O–H groups in total. The van der Waals surface area contributed by atoms with Gasteiger partial charge in [-0.25, -0.2) is 0 Å². The van der Waals surface area contributed by atoms with Gasteiger partial charge >= 0.3 is 0 Å². The predicted octanol–water partition coefficient (Wildman–Crippen LogP) is 4.55. The number of likely N-dealkylation sites (N-methyl/N-ethyl adjacent to an activating group) is 1. The first kappa shape index (κ1) is 30.4. The fourth-order valence-electron chi connectivity index (χ4n) is 6.93. The van der Waals surface area contributed by atoms with Crippen molar-refractivity contribution >= 4 is 52.3 Å². The maximum atomic E-state index is 13.1. The number of nitrogens with zero attached hydrogens (tertiary/aromatic N) is 6. The number of nitrogens with one attached hydrogen (secondary N) is 3. The molecule has 2 fully saturated rings. The number of anilines is 5. The molecule has 2 saturated heterocycles. The summed E-state index contributed by atoms with van der Waals surface area (Å²) in [6.45, 7) is 9.58. The summed E-state index contributed by atoms with van der Waals surface area (Å²) in [4.78, 5) is 20.1. The molecule has 2 aromatic carbocycles. The number of piperazine rings is 1. The molecule has 0 amide bonds. The van der Waals surface area contributed by atoms with Crippen molar-refractivity contribution < 1.29 is 14.0 Å². The number of benzene rings is 2. The van der Waals surface area contributed by atoms with Gasteiger partial charge in [0.25, 0.3) is 0 Å². The van der Waals surface area contributed by atoms with Crippen LogP contribution in [0.5, 0.6) is 11.5 Å². The van der Waals surface area contributed by atoms with Crippen LogP contribution < -0.4 is 30.3 Å². The molecule has 2 atom stereocenters. The van der Waals surface area contributed by atoms with E-state index in [2.05, 4.69) is 48.4 Å². The summed E-state index contributed by atoms with van der Waals surface area (Å²) in [5.74, 6) is 2.16. The number of aromatic nitrogens is 3. The zero-order chi connectivity index (χ0) is 32.0. The summed E-state index contributed by atoms with van der Waals surface area (Å²) in [6.07, 6.45) is 3.83. The van der Waals surface area contributed by atoms with Gasteiger partial charge in [-0.15, -0.1) is 0 Å². The minimum atomic E-state index is -2.60. The molecule has 0 spiro atoms. The summed E-state index contributed by atoms with van der Waals surface area (Å²) in [6, 6.07) is 14.6. The van der Waals surface area contributed by atoms with Crippen LogP contribution in [0, 0.1) is 11.3 Å². The van der Waals surface area contributed by atoms with Crippen molar-refractivity contribution in [3.8, 4) is 17.6 Å². The number of aromatic amines is 1. The van der Waals surface area contributed by atoms with Crippen molar-refractivity contribution in [1.82, 2.24) is 24.8 Å². The maximum absolute atomic E-state index is 13.1. The van der Waals surface area contributed by atoms with Gasteiger partial charge in [-0.1, -0.05) is 12.1 Å². The lowest BCUT2D eigenvalue weighted by atomic mass is 9.93. The van der Waals surface area contributed by atoms with Gasteiger partial charge in [-0.2, -0.15) is 15.2 Å². The second-order valence-corrected chi connectivity index (χ2v) is 15.9. The minimum absolute atomic E-state index is 0.301. The maximum Gasteiger partial charge on any atom is 0.231 e. The standard InChI is InChI=1S/C33H40N9O3P/c1-40-11-13-41(14-12-40)22-9-10-42-23(15-22)20-45-28-16-25(27(44-2)17-26(28)42)37-33-38-31-30(21(18-34)19-35-31)32(39-33)36-24-7-5-6-8-29(24)46(3,4)43/h5-8,16-17,19,22-23H,9-15,20H2,1-4H3,(H3,35,36,37,38,39)/t22-,23+/m0/s1. The molecule has 7 rings (SSSR count). The van der Waals surface area contributed by atoms with E-state index in [4.69, 9.17) is 14.5 Å². The molecule has 0 bridgehead atoms. The first-order valence-electron chi connectivity index (χ1n) is 15.7. The second kappa shape index (κ2) is 12.1. The van der Waals surface area contributed by atoms with Crippen LogP contribution in [0.4, 0.5) is 28.8 Å². The van der Waals surface area contributed by atoms with Crippen molar-refractivity contribution in [2.45, 2.75) is 24.9 Å². The molecule has 13 heteroatoms. The van der Waals surface area contributed by atoms with E-state index < -0.39 is 7.14 Å². The van der Waals surface area contributed by atoms with Crippen molar-refractivity contribution in [1.29, 1.82) is 5.26 Å². The lowest BCUT2D eigenvalue weighted by Gasteiger charge is -2.48. The Labute approximate surface area is 269 Å². The van der Waals surface area contributed by atoms with E-state index in [-0.39, 0.29) is 0 Å². The van der Waals surface area contributed by atoms with E-state index in [1.165, 1.54) is 0 Å². The van der Waals surface area contributed by atoms with Crippen LogP contribution >= 0.6 is 7.14 Å². The first-order valence-corrected chi connectivity index (χ1v) is 18.3. The number of fused-ring (bicyclic) bond motifs is 4. The molecule has 240 valence electrons. The normalized spacial score (nSPS) is 20.4. The van der Waals surface area contributed by atoms with Gasteiger partial charge in [-0.3, -0.25) is 4.90 Å². The van der Waals surface area contributed by atoms with E-state index in [1.54, 1.807) is 26.6 Å².